The summed E-state index contributed by atoms with van der Waals surface area (Å²) in [7, 11) is 1.69. The molecule has 2 heteroatoms. The van der Waals surface area contributed by atoms with Gasteiger partial charge >= 0.3 is 0 Å². The van der Waals surface area contributed by atoms with Crippen LogP contribution in [0, 0.1) is 24.2 Å². The lowest BCUT2D eigenvalue weighted by molar-refractivity contribution is -0.0293. The van der Waals surface area contributed by atoms with E-state index in [0.717, 1.165) is 16.9 Å². The molecule has 3 atom stereocenters. The second-order valence-electron chi connectivity index (χ2n) is 7.06. The van der Waals surface area contributed by atoms with Crippen LogP contribution < -0.4 is 4.74 Å². The summed E-state index contributed by atoms with van der Waals surface area (Å²) in [6, 6.07) is 6.04. The van der Waals surface area contributed by atoms with Crippen LogP contribution in [-0.4, -0.2) is 12.2 Å². The fourth-order valence-electron chi connectivity index (χ4n) is 4.03. The van der Waals surface area contributed by atoms with Crippen molar-refractivity contribution in [3.63, 3.8) is 0 Å². The topological polar surface area (TPSA) is 29.5 Å². The first-order valence-electron chi connectivity index (χ1n) is 7.69. The van der Waals surface area contributed by atoms with E-state index in [1.165, 1.54) is 19.3 Å². The molecule has 1 fully saturated rings. The van der Waals surface area contributed by atoms with Gasteiger partial charge in [-0.1, -0.05) is 39.7 Å². The lowest BCUT2D eigenvalue weighted by Crippen LogP contribution is -2.37. The zero-order valence-corrected chi connectivity index (χ0v) is 13.4. The van der Waals surface area contributed by atoms with Crippen LogP contribution in [0.25, 0.3) is 0 Å². The van der Waals surface area contributed by atoms with Crippen molar-refractivity contribution in [2.75, 3.05) is 7.11 Å². The highest BCUT2D eigenvalue weighted by Gasteiger charge is 2.41. The summed E-state index contributed by atoms with van der Waals surface area (Å²) in [5, 5.41) is 10.9. The number of aryl methyl sites for hydroxylation is 1. The minimum absolute atomic E-state index is 0.199. The van der Waals surface area contributed by atoms with E-state index >= 15 is 0 Å². The highest BCUT2D eigenvalue weighted by Crippen LogP contribution is 2.49. The summed E-state index contributed by atoms with van der Waals surface area (Å²) in [5.41, 5.74) is 2.31. The van der Waals surface area contributed by atoms with Gasteiger partial charge in [-0.3, -0.25) is 0 Å². The number of methoxy groups -OCH3 is 1. The van der Waals surface area contributed by atoms with Crippen molar-refractivity contribution in [3.05, 3.63) is 29.3 Å². The van der Waals surface area contributed by atoms with Crippen molar-refractivity contribution < 1.29 is 9.84 Å². The van der Waals surface area contributed by atoms with Crippen LogP contribution >= 0.6 is 0 Å². The Morgan fingerprint density at radius 1 is 1.35 bits per heavy atom. The van der Waals surface area contributed by atoms with E-state index in [-0.39, 0.29) is 11.5 Å². The Balaban J connectivity index is 2.29. The van der Waals surface area contributed by atoms with Gasteiger partial charge in [0.15, 0.2) is 0 Å². The fraction of sp³-hybridized carbons (Fsp3) is 0.667. The first kappa shape index (κ1) is 15.4. The van der Waals surface area contributed by atoms with E-state index in [4.69, 9.17) is 4.74 Å². The van der Waals surface area contributed by atoms with Crippen molar-refractivity contribution in [3.8, 4) is 5.75 Å². The van der Waals surface area contributed by atoms with Crippen molar-refractivity contribution in [1.29, 1.82) is 0 Å². The van der Waals surface area contributed by atoms with Gasteiger partial charge in [0.1, 0.15) is 5.75 Å². The molecule has 2 rings (SSSR count). The molecule has 0 aliphatic heterocycles. The molecule has 1 aliphatic carbocycles. The molecular formula is C18H28O2. The molecule has 1 N–H and O–H groups in total. The average Bonchev–Trinajstić information content (AvgIpc) is 2.37. The van der Waals surface area contributed by atoms with E-state index in [1.807, 2.05) is 19.1 Å². The van der Waals surface area contributed by atoms with Gasteiger partial charge in [0.05, 0.1) is 13.2 Å². The smallest absolute Gasteiger partial charge is 0.121 e. The zero-order valence-electron chi connectivity index (χ0n) is 13.4. The fourth-order valence-corrected chi connectivity index (χ4v) is 4.03. The van der Waals surface area contributed by atoms with Crippen LogP contribution in [0.1, 0.15) is 57.3 Å². The van der Waals surface area contributed by atoms with Crippen molar-refractivity contribution in [2.24, 2.45) is 17.3 Å². The van der Waals surface area contributed by atoms with Crippen molar-refractivity contribution >= 4 is 0 Å². The molecule has 1 saturated carbocycles. The first-order valence-corrected chi connectivity index (χ1v) is 7.69. The Morgan fingerprint density at radius 3 is 2.60 bits per heavy atom. The summed E-state index contributed by atoms with van der Waals surface area (Å²) in [5.74, 6) is 1.78. The monoisotopic (exact) mass is 276 g/mol. The van der Waals surface area contributed by atoms with Gasteiger partial charge < -0.3 is 9.84 Å². The van der Waals surface area contributed by atoms with Crippen LogP contribution in [-0.2, 0) is 0 Å². The van der Waals surface area contributed by atoms with E-state index in [0.29, 0.717) is 11.8 Å². The highest BCUT2D eigenvalue weighted by atomic mass is 16.5. The Bertz CT molecular complexity index is 464. The maximum Gasteiger partial charge on any atom is 0.121 e. The predicted octanol–water partition coefficient (Wildman–Crippen LogP) is 4.50. The minimum Gasteiger partial charge on any atom is -0.496 e. The van der Waals surface area contributed by atoms with E-state index < -0.39 is 0 Å². The number of hydrogen-bond acceptors (Lipinski definition) is 2. The lowest BCUT2D eigenvalue weighted by Gasteiger charge is -2.45. The number of hydrogen-bond donors (Lipinski definition) is 1. The van der Waals surface area contributed by atoms with Gasteiger partial charge in [-0.25, -0.2) is 0 Å². The van der Waals surface area contributed by atoms with Gasteiger partial charge in [-0.2, -0.15) is 0 Å². The van der Waals surface area contributed by atoms with Crippen molar-refractivity contribution in [1.82, 2.24) is 0 Å². The highest BCUT2D eigenvalue weighted by molar-refractivity contribution is 5.37. The molecule has 0 radical (unpaired) electrons. The van der Waals surface area contributed by atoms with E-state index in [9.17, 15) is 5.11 Å². The Hall–Kier alpha value is -1.02. The standard InChI is InChI=1S/C18H28O2/c1-12-7-6-10-18(3,4)16(12)17(19)14-8-9-15(20-5)13(2)11-14/h8-9,11-12,16-17,19H,6-7,10H2,1-5H3/t12-,16+,17?/m0/s1. The van der Waals surface area contributed by atoms with Crippen LogP contribution in [0.3, 0.4) is 0 Å². The Labute approximate surface area is 123 Å². The van der Waals surface area contributed by atoms with Gasteiger partial charge in [0, 0.05) is 0 Å². The minimum atomic E-state index is -0.384. The molecule has 1 unspecified atom stereocenters. The largest absolute Gasteiger partial charge is 0.496 e. The molecule has 0 amide bonds. The second kappa shape index (κ2) is 5.77. The normalized spacial score (nSPS) is 27.1. The van der Waals surface area contributed by atoms with Crippen LogP contribution in [0.15, 0.2) is 18.2 Å². The molecule has 0 bridgehead atoms. The molecule has 1 aromatic rings. The van der Waals surface area contributed by atoms with Gasteiger partial charge in [-0.15, -0.1) is 0 Å². The number of rotatable bonds is 3. The first-order chi connectivity index (χ1) is 9.36. The third kappa shape index (κ3) is 2.85. The van der Waals surface area contributed by atoms with Crippen LogP contribution in [0.4, 0.5) is 0 Å². The summed E-state index contributed by atoms with van der Waals surface area (Å²) in [4.78, 5) is 0. The van der Waals surface area contributed by atoms with Gasteiger partial charge in [0.25, 0.3) is 0 Å². The summed E-state index contributed by atoms with van der Waals surface area (Å²) in [6.07, 6.45) is 3.32. The molecule has 20 heavy (non-hydrogen) atoms. The molecule has 1 aromatic carbocycles. The Kier molecular flexibility index (Phi) is 4.43. The van der Waals surface area contributed by atoms with Gasteiger partial charge in [0.2, 0.25) is 0 Å². The molecule has 2 nitrogen and oxygen atoms in total. The summed E-state index contributed by atoms with van der Waals surface area (Å²) < 4.78 is 5.31. The van der Waals surface area contributed by atoms with E-state index in [1.54, 1.807) is 7.11 Å². The number of aliphatic hydroxyl groups excluding tert-OH is 1. The van der Waals surface area contributed by atoms with Crippen LogP contribution in [0.5, 0.6) is 5.75 Å². The second-order valence-corrected chi connectivity index (χ2v) is 7.06. The average molecular weight is 276 g/mol. The number of ether oxygens (including phenoxy) is 1. The SMILES string of the molecule is COc1ccc(C(O)[C@H]2[C@@H](C)CCCC2(C)C)cc1C. The van der Waals surface area contributed by atoms with Crippen LogP contribution in [0.2, 0.25) is 0 Å². The maximum atomic E-state index is 10.9. The van der Waals surface area contributed by atoms with E-state index in [2.05, 4.69) is 26.8 Å². The molecule has 0 saturated heterocycles. The number of benzene rings is 1. The lowest BCUT2D eigenvalue weighted by atomic mass is 9.61. The number of aliphatic hydroxyl groups is 1. The summed E-state index contributed by atoms with van der Waals surface area (Å²) in [6.45, 7) is 8.91. The van der Waals surface area contributed by atoms with Gasteiger partial charge in [-0.05, 0) is 53.9 Å². The third-order valence-electron chi connectivity index (χ3n) is 5.10. The Morgan fingerprint density at radius 2 is 2.05 bits per heavy atom. The molecular weight excluding hydrogens is 248 g/mol. The third-order valence-corrected chi connectivity index (χ3v) is 5.10. The quantitative estimate of drug-likeness (QED) is 0.880. The molecule has 0 heterocycles. The molecule has 0 spiro atoms. The molecule has 0 aromatic heterocycles. The molecule has 1 aliphatic rings. The predicted molar refractivity (Wildman–Crippen MR) is 83.0 cm³/mol. The molecule has 112 valence electrons. The van der Waals surface area contributed by atoms with Crippen molar-refractivity contribution in [2.45, 2.75) is 53.1 Å². The summed E-state index contributed by atoms with van der Waals surface area (Å²) >= 11 is 0. The zero-order chi connectivity index (χ0) is 14.9. The maximum absolute atomic E-state index is 10.9.